The molecule has 4 nitrogen and oxygen atoms in total. The first-order chi connectivity index (χ1) is 10.7. The van der Waals surface area contributed by atoms with Gasteiger partial charge in [-0.25, -0.2) is 0 Å². The molecule has 0 aromatic carbocycles. The fraction of sp³-hybridized carbons (Fsp3) is 0.944. The molecule has 23 heavy (non-hydrogen) atoms. The van der Waals surface area contributed by atoms with E-state index in [0.29, 0.717) is 6.04 Å². The lowest BCUT2D eigenvalue weighted by atomic mass is 9.84. The average molecular weight is 436 g/mol. The summed E-state index contributed by atoms with van der Waals surface area (Å²) < 4.78 is 0. The van der Waals surface area contributed by atoms with E-state index in [2.05, 4.69) is 36.4 Å². The molecule has 3 unspecified atom stereocenters. The van der Waals surface area contributed by atoms with Gasteiger partial charge in [-0.3, -0.25) is 4.99 Å². The minimum absolute atomic E-state index is 0. The molecule has 136 valence electrons. The van der Waals surface area contributed by atoms with Crippen molar-refractivity contribution in [3.63, 3.8) is 0 Å². The molecule has 2 fully saturated rings. The molecule has 2 N–H and O–H groups in total. The molecule has 0 bridgehead atoms. The summed E-state index contributed by atoms with van der Waals surface area (Å²) in [5.41, 5.74) is 0. The highest BCUT2D eigenvalue weighted by atomic mass is 127. The Morgan fingerprint density at radius 1 is 1.13 bits per heavy atom. The number of hydrogen-bond acceptors (Lipinski definition) is 2. The molecular formula is C18H37IN4. The van der Waals surface area contributed by atoms with Crippen LogP contribution >= 0.6 is 24.0 Å². The van der Waals surface area contributed by atoms with E-state index in [1.807, 2.05) is 0 Å². The first-order valence-electron chi connectivity index (χ1n) is 9.44. The Balaban J connectivity index is 0.00000264. The molecule has 1 saturated heterocycles. The predicted octanol–water partition coefficient (Wildman–Crippen LogP) is 3.47. The van der Waals surface area contributed by atoms with Crippen molar-refractivity contribution in [2.45, 2.75) is 64.8 Å². The van der Waals surface area contributed by atoms with Gasteiger partial charge in [0.2, 0.25) is 0 Å². The van der Waals surface area contributed by atoms with E-state index in [1.165, 1.54) is 58.0 Å². The molecule has 1 saturated carbocycles. The van der Waals surface area contributed by atoms with Crippen LogP contribution < -0.4 is 10.6 Å². The van der Waals surface area contributed by atoms with Crippen LogP contribution in [0.15, 0.2) is 4.99 Å². The first-order valence-corrected chi connectivity index (χ1v) is 9.44. The maximum Gasteiger partial charge on any atom is 0.191 e. The highest BCUT2D eigenvalue weighted by molar-refractivity contribution is 14.0. The predicted molar refractivity (Wildman–Crippen MR) is 111 cm³/mol. The average Bonchev–Trinajstić information content (AvgIpc) is 2.53. The van der Waals surface area contributed by atoms with Crippen molar-refractivity contribution in [2.24, 2.45) is 16.8 Å². The van der Waals surface area contributed by atoms with Crippen LogP contribution in [0.3, 0.4) is 0 Å². The Hall–Kier alpha value is -0.0400. The third-order valence-corrected chi connectivity index (χ3v) is 5.27. The summed E-state index contributed by atoms with van der Waals surface area (Å²) in [5.74, 6) is 2.67. The molecule has 0 aromatic rings. The lowest BCUT2D eigenvalue weighted by Crippen LogP contribution is -2.45. The van der Waals surface area contributed by atoms with Crippen LogP contribution in [-0.2, 0) is 0 Å². The molecular weight excluding hydrogens is 399 g/mol. The number of aliphatic imine (C=N–C) groups is 1. The summed E-state index contributed by atoms with van der Waals surface area (Å²) in [4.78, 5) is 7.33. The number of rotatable bonds is 5. The van der Waals surface area contributed by atoms with Gasteiger partial charge >= 0.3 is 0 Å². The van der Waals surface area contributed by atoms with Gasteiger partial charge in [0.1, 0.15) is 0 Å². The van der Waals surface area contributed by atoms with Crippen LogP contribution in [0.2, 0.25) is 0 Å². The smallest absolute Gasteiger partial charge is 0.191 e. The number of hydrogen-bond donors (Lipinski definition) is 2. The Bertz CT molecular complexity index is 348. The van der Waals surface area contributed by atoms with Crippen molar-refractivity contribution in [1.82, 2.24) is 15.5 Å². The van der Waals surface area contributed by atoms with Crippen LogP contribution in [0, 0.1) is 11.8 Å². The van der Waals surface area contributed by atoms with Gasteiger partial charge in [-0.05, 0) is 58.0 Å². The van der Waals surface area contributed by atoms with Gasteiger partial charge in [0.25, 0.3) is 0 Å². The van der Waals surface area contributed by atoms with Crippen LogP contribution in [0.25, 0.3) is 0 Å². The lowest BCUT2D eigenvalue weighted by Gasteiger charge is -2.31. The number of guanidine groups is 1. The first kappa shape index (κ1) is 21.0. The maximum absolute atomic E-state index is 4.88. The molecule has 5 heteroatoms. The second-order valence-corrected chi connectivity index (χ2v) is 7.27. The normalized spacial score (nSPS) is 29.7. The summed E-state index contributed by atoms with van der Waals surface area (Å²) in [6.45, 7) is 8.83. The Morgan fingerprint density at radius 2 is 1.91 bits per heavy atom. The van der Waals surface area contributed by atoms with Gasteiger partial charge in [-0.15, -0.1) is 24.0 Å². The highest BCUT2D eigenvalue weighted by Crippen LogP contribution is 2.26. The number of nitrogens with zero attached hydrogens (tertiary/aromatic N) is 2. The summed E-state index contributed by atoms with van der Waals surface area (Å²) in [6.07, 6.45) is 9.36. The molecule has 2 aliphatic rings. The molecule has 1 aliphatic heterocycles. The summed E-state index contributed by atoms with van der Waals surface area (Å²) in [5, 5.41) is 7.14. The second kappa shape index (κ2) is 11.5. The highest BCUT2D eigenvalue weighted by Gasteiger charge is 2.22. The second-order valence-electron chi connectivity index (χ2n) is 7.27. The van der Waals surface area contributed by atoms with Crippen molar-refractivity contribution in [1.29, 1.82) is 0 Å². The minimum atomic E-state index is 0. The monoisotopic (exact) mass is 436 g/mol. The van der Waals surface area contributed by atoms with Crippen LogP contribution in [0.4, 0.5) is 0 Å². The molecule has 0 spiro atoms. The van der Waals surface area contributed by atoms with E-state index in [1.54, 1.807) is 0 Å². The largest absolute Gasteiger partial charge is 0.357 e. The van der Waals surface area contributed by atoms with E-state index in [9.17, 15) is 0 Å². The lowest BCUT2D eigenvalue weighted by molar-refractivity contribution is 0.214. The van der Waals surface area contributed by atoms with Crippen molar-refractivity contribution < 1.29 is 0 Å². The van der Waals surface area contributed by atoms with E-state index >= 15 is 0 Å². The van der Waals surface area contributed by atoms with Gasteiger partial charge in [0.05, 0.1) is 0 Å². The van der Waals surface area contributed by atoms with Gasteiger partial charge < -0.3 is 15.5 Å². The van der Waals surface area contributed by atoms with Crippen molar-refractivity contribution in [3.05, 3.63) is 0 Å². The topological polar surface area (TPSA) is 39.7 Å². The fourth-order valence-electron chi connectivity index (χ4n) is 3.95. The number of halogens is 1. The molecule has 0 amide bonds. The van der Waals surface area contributed by atoms with E-state index in [0.717, 1.165) is 30.9 Å². The van der Waals surface area contributed by atoms with Crippen molar-refractivity contribution in [2.75, 3.05) is 33.2 Å². The Kier molecular flexibility index (Phi) is 10.5. The van der Waals surface area contributed by atoms with Crippen LogP contribution in [-0.4, -0.2) is 50.1 Å². The van der Waals surface area contributed by atoms with E-state index in [-0.39, 0.29) is 24.0 Å². The zero-order valence-corrected chi connectivity index (χ0v) is 17.6. The van der Waals surface area contributed by atoms with E-state index < -0.39 is 0 Å². The number of piperidine rings is 1. The maximum atomic E-state index is 4.88. The van der Waals surface area contributed by atoms with Crippen molar-refractivity contribution in [3.8, 4) is 0 Å². The summed E-state index contributed by atoms with van der Waals surface area (Å²) in [6, 6.07) is 0.616. The molecule has 0 radical (unpaired) electrons. The summed E-state index contributed by atoms with van der Waals surface area (Å²) in [7, 11) is 2.23. The quantitative estimate of drug-likeness (QED) is 0.394. The van der Waals surface area contributed by atoms with Gasteiger partial charge in [0.15, 0.2) is 5.96 Å². The van der Waals surface area contributed by atoms with Gasteiger partial charge in [-0.2, -0.15) is 0 Å². The third kappa shape index (κ3) is 7.59. The number of likely N-dealkylation sites (tertiary alicyclic amines) is 1. The Labute approximate surface area is 160 Å². The van der Waals surface area contributed by atoms with Gasteiger partial charge in [0, 0.05) is 25.7 Å². The van der Waals surface area contributed by atoms with E-state index in [4.69, 9.17) is 4.99 Å². The fourth-order valence-corrected chi connectivity index (χ4v) is 3.95. The third-order valence-electron chi connectivity index (χ3n) is 5.27. The molecule has 2 rings (SSSR count). The summed E-state index contributed by atoms with van der Waals surface area (Å²) >= 11 is 0. The Morgan fingerprint density at radius 3 is 2.61 bits per heavy atom. The SMILES string of the molecule is CCNC(=NCC1CCCN(C)C1)NC1CCCC(CC)C1.I. The molecule has 1 heterocycles. The zero-order chi connectivity index (χ0) is 15.8. The van der Waals surface area contributed by atoms with Crippen molar-refractivity contribution >= 4 is 29.9 Å². The minimum Gasteiger partial charge on any atom is -0.357 e. The van der Waals surface area contributed by atoms with Crippen LogP contribution in [0.1, 0.15) is 58.8 Å². The van der Waals surface area contributed by atoms with Gasteiger partial charge in [-0.1, -0.05) is 26.2 Å². The molecule has 0 aromatic heterocycles. The zero-order valence-electron chi connectivity index (χ0n) is 15.3. The number of nitrogens with one attached hydrogen (secondary N) is 2. The standard InChI is InChI=1S/C18H36N4.HI/c1-4-15-8-6-10-17(12-15)21-18(19-5-2)20-13-16-9-7-11-22(3)14-16;/h15-17H,4-14H2,1-3H3,(H2,19,20,21);1H. The van der Waals surface area contributed by atoms with Crippen LogP contribution in [0.5, 0.6) is 0 Å². The molecule has 1 aliphatic carbocycles. The molecule has 3 atom stereocenters.